The molecule has 0 amide bonds. The third kappa shape index (κ3) is 15.6. The fraction of sp³-hybridized carbons (Fsp3) is 0.581. The van der Waals surface area contributed by atoms with Crippen LogP contribution < -0.4 is 10.3 Å². The van der Waals surface area contributed by atoms with Crippen LogP contribution in [0.1, 0.15) is 127 Å². The summed E-state index contributed by atoms with van der Waals surface area (Å²) in [6.45, 7) is 4.35. The zero-order valence-electron chi connectivity index (χ0n) is 32.7. The molecule has 0 radical (unpaired) electrons. The van der Waals surface area contributed by atoms with Gasteiger partial charge < -0.3 is 24.5 Å². The number of unbranched alkanes of at least 4 members (excludes halogenated alkanes) is 13. The summed E-state index contributed by atoms with van der Waals surface area (Å²) in [5.41, 5.74) is 8.86. The van der Waals surface area contributed by atoms with Crippen molar-refractivity contribution in [1.29, 1.82) is 0 Å². The zero-order chi connectivity index (χ0) is 38.3. The molecule has 12 heteroatoms. The number of benzene rings is 2. The molecule has 2 aromatic carbocycles. The average Bonchev–Trinajstić information content (AvgIpc) is 3.86. The van der Waals surface area contributed by atoms with Crippen LogP contribution in [-0.2, 0) is 29.9 Å². The van der Waals surface area contributed by atoms with E-state index < -0.39 is 8.60 Å². The number of fused-ring (bicyclic) bond motifs is 1. The molecule has 1 aliphatic rings. The van der Waals surface area contributed by atoms with E-state index in [4.69, 9.17) is 45.1 Å². The summed E-state index contributed by atoms with van der Waals surface area (Å²) in [5.74, 6) is 0.934. The Hall–Kier alpha value is -2.82. The van der Waals surface area contributed by atoms with E-state index in [0.29, 0.717) is 43.0 Å². The molecule has 0 bridgehead atoms. The molecular formula is C43H62ClN4O6P. The Morgan fingerprint density at radius 2 is 1.51 bits per heavy atom. The van der Waals surface area contributed by atoms with Gasteiger partial charge in [-0.05, 0) is 49.1 Å². The minimum atomic E-state index is -1.83. The number of hydrogen-bond donors (Lipinski definition) is 1. The number of hydrogen-bond acceptors (Lipinski definition) is 9. The van der Waals surface area contributed by atoms with Crippen LogP contribution in [0, 0.1) is 0 Å². The van der Waals surface area contributed by atoms with Gasteiger partial charge in [0.05, 0.1) is 43.2 Å². The van der Waals surface area contributed by atoms with E-state index in [2.05, 4.69) is 29.1 Å². The molecule has 10 nitrogen and oxygen atoms in total. The van der Waals surface area contributed by atoms with Crippen molar-refractivity contribution in [2.75, 3.05) is 32.2 Å². The first-order valence-corrected chi connectivity index (χ1v) is 22.0. The molecule has 0 spiro atoms. The fourth-order valence-corrected chi connectivity index (χ4v) is 8.12. The van der Waals surface area contributed by atoms with Gasteiger partial charge in [-0.15, -0.1) is 0 Å². The molecule has 1 aliphatic heterocycles. The number of ether oxygens (including phenoxy) is 3. The van der Waals surface area contributed by atoms with Crippen molar-refractivity contribution in [2.45, 2.75) is 135 Å². The van der Waals surface area contributed by atoms with E-state index in [1.54, 1.807) is 10.6 Å². The maximum absolute atomic E-state index is 6.48. The van der Waals surface area contributed by atoms with Crippen LogP contribution in [0.25, 0.3) is 5.52 Å². The summed E-state index contributed by atoms with van der Waals surface area (Å²) < 4.78 is 39.6. The first-order chi connectivity index (χ1) is 27.1. The average molecular weight is 797 g/mol. The molecule has 4 atom stereocenters. The normalized spacial score (nSPS) is 16.8. The van der Waals surface area contributed by atoms with Gasteiger partial charge in [0.1, 0.15) is 29.8 Å². The minimum absolute atomic E-state index is 0.142. The van der Waals surface area contributed by atoms with Gasteiger partial charge in [-0.2, -0.15) is 5.10 Å². The second kappa shape index (κ2) is 25.4. The van der Waals surface area contributed by atoms with Crippen LogP contribution in [-0.4, -0.2) is 53.2 Å². The van der Waals surface area contributed by atoms with Gasteiger partial charge in [-0.3, -0.25) is 9.05 Å². The lowest BCUT2D eigenvalue weighted by molar-refractivity contribution is -0.0461. The van der Waals surface area contributed by atoms with E-state index >= 15 is 0 Å². The van der Waals surface area contributed by atoms with Gasteiger partial charge in [0.2, 0.25) is 0 Å². The van der Waals surface area contributed by atoms with Crippen molar-refractivity contribution in [2.24, 2.45) is 0 Å². The number of para-hydroxylation sites is 1. The molecule has 2 N–H and O–H groups in total. The van der Waals surface area contributed by atoms with E-state index in [9.17, 15) is 0 Å². The number of anilines is 1. The highest BCUT2D eigenvalue weighted by atomic mass is 35.5. The summed E-state index contributed by atoms with van der Waals surface area (Å²) in [6.07, 6.45) is 21.0. The van der Waals surface area contributed by atoms with Crippen LogP contribution in [0.5, 0.6) is 5.75 Å². The van der Waals surface area contributed by atoms with Gasteiger partial charge >= 0.3 is 8.60 Å². The summed E-state index contributed by atoms with van der Waals surface area (Å²) in [5, 5.41) is 4.87. The smallest absolute Gasteiger partial charge is 0.397 e. The van der Waals surface area contributed by atoms with E-state index in [1.165, 1.54) is 83.4 Å². The molecule has 302 valence electrons. The van der Waals surface area contributed by atoms with Crippen molar-refractivity contribution in [3.63, 3.8) is 0 Å². The molecule has 5 rings (SSSR count). The topological polar surface area (TPSA) is 112 Å². The van der Waals surface area contributed by atoms with Gasteiger partial charge in [0.15, 0.2) is 5.82 Å². The van der Waals surface area contributed by atoms with E-state index in [0.717, 1.165) is 42.5 Å². The number of aromatic nitrogens is 3. The van der Waals surface area contributed by atoms with Crippen LogP contribution >= 0.6 is 20.2 Å². The Balaban J connectivity index is 1.07. The fourth-order valence-electron chi connectivity index (χ4n) is 6.81. The molecule has 1 saturated heterocycles. The number of halogens is 1. The lowest BCUT2D eigenvalue weighted by atomic mass is 10.0. The van der Waals surface area contributed by atoms with Gasteiger partial charge in [0, 0.05) is 6.61 Å². The first kappa shape index (κ1) is 43.3. The molecule has 4 aromatic rings. The summed E-state index contributed by atoms with van der Waals surface area (Å²) >= 11 is 6.48. The molecule has 55 heavy (non-hydrogen) atoms. The minimum Gasteiger partial charge on any atom is -0.425 e. The van der Waals surface area contributed by atoms with E-state index in [1.807, 2.05) is 48.5 Å². The molecule has 4 unspecified atom stereocenters. The lowest BCUT2D eigenvalue weighted by Gasteiger charge is -2.23. The maximum Gasteiger partial charge on any atom is 0.397 e. The highest BCUT2D eigenvalue weighted by Crippen LogP contribution is 2.44. The molecule has 2 aromatic heterocycles. The predicted molar refractivity (Wildman–Crippen MR) is 221 cm³/mol. The third-order valence-electron chi connectivity index (χ3n) is 9.96. The lowest BCUT2D eigenvalue weighted by Crippen LogP contribution is -2.26. The number of nitrogen functional groups attached to an aromatic ring is 1. The molecule has 1 fully saturated rings. The highest BCUT2D eigenvalue weighted by molar-refractivity contribution is 7.42. The van der Waals surface area contributed by atoms with Crippen LogP contribution in [0.2, 0.25) is 5.02 Å². The number of nitrogens with two attached hydrogens (primary N) is 1. The van der Waals surface area contributed by atoms with Gasteiger partial charge in [-0.25, -0.2) is 9.50 Å². The van der Waals surface area contributed by atoms with Crippen molar-refractivity contribution < 1.29 is 27.8 Å². The molecule has 3 heterocycles. The number of rotatable bonds is 29. The van der Waals surface area contributed by atoms with Gasteiger partial charge in [-0.1, -0.05) is 144 Å². The SMILES string of the molecule is CCCCCCCCCCCCCCCCOC(COCc1ccccc1)COP(OCC1CCC(c2ccc3c(N)ncnn23)O1)Oc1ccccc1Cl. The van der Waals surface area contributed by atoms with Crippen LogP contribution in [0.15, 0.2) is 73.1 Å². The predicted octanol–water partition coefficient (Wildman–Crippen LogP) is 11.6. The number of nitrogens with zero attached hydrogens (tertiary/aromatic N) is 3. The molecule has 0 saturated carbocycles. The summed E-state index contributed by atoms with van der Waals surface area (Å²) in [4.78, 5) is 4.10. The second-order valence-electron chi connectivity index (χ2n) is 14.5. The van der Waals surface area contributed by atoms with Gasteiger partial charge in [0.25, 0.3) is 0 Å². The van der Waals surface area contributed by atoms with Crippen LogP contribution in [0.3, 0.4) is 0 Å². The highest BCUT2D eigenvalue weighted by Gasteiger charge is 2.31. The molecular weight excluding hydrogens is 735 g/mol. The standard InChI is InChI=1S/C43H62ClN4O6P/c1-2-3-4-5-6-7-8-9-10-11-12-13-14-20-29-50-37(31-49-30-35-21-16-15-17-22-35)33-52-55(54-41-24-19-18-23-38(41)44)51-32-36-25-28-42(53-36)39-26-27-40-43(45)46-34-47-48(39)40/h15-19,21-24,26-27,34,36-37,42H,2-14,20,25,28-33H2,1H3,(H2,45,46,47). The first-order valence-electron chi connectivity index (χ1n) is 20.6. The van der Waals surface area contributed by atoms with Crippen molar-refractivity contribution in [3.8, 4) is 5.75 Å². The third-order valence-corrected chi connectivity index (χ3v) is 11.3. The monoisotopic (exact) mass is 796 g/mol. The quantitative estimate of drug-likeness (QED) is 0.0424. The van der Waals surface area contributed by atoms with E-state index in [-0.39, 0.29) is 24.9 Å². The summed E-state index contributed by atoms with van der Waals surface area (Å²) in [7, 11) is -1.83. The summed E-state index contributed by atoms with van der Waals surface area (Å²) in [6, 6.07) is 21.4. The zero-order valence-corrected chi connectivity index (χ0v) is 34.4. The Morgan fingerprint density at radius 1 is 0.818 bits per heavy atom. The van der Waals surface area contributed by atoms with Crippen molar-refractivity contribution in [3.05, 3.63) is 89.3 Å². The Labute approximate surface area is 334 Å². The van der Waals surface area contributed by atoms with Crippen molar-refractivity contribution in [1.82, 2.24) is 14.6 Å². The molecule has 0 aliphatic carbocycles. The Kier molecular flexibility index (Phi) is 20.0. The maximum atomic E-state index is 6.48. The second-order valence-corrected chi connectivity index (χ2v) is 16.0. The largest absolute Gasteiger partial charge is 0.425 e. The van der Waals surface area contributed by atoms with Crippen molar-refractivity contribution >= 4 is 31.5 Å². The Morgan fingerprint density at radius 3 is 2.24 bits per heavy atom. The Bertz CT molecular complexity index is 1620. The van der Waals surface area contributed by atoms with Crippen LogP contribution in [0.4, 0.5) is 5.82 Å².